The number of hydrogen-bond donors (Lipinski definition) is 1. The van der Waals surface area contributed by atoms with Crippen molar-refractivity contribution in [1.29, 1.82) is 0 Å². The van der Waals surface area contributed by atoms with Gasteiger partial charge in [-0.2, -0.15) is 0 Å². The van der Waals surface area contributed by atoms with Crippen LogP contribution in [0, 0.1) is 18.7 Å². The lowest BCUT2D eigenvalue weighted by atomic mass is 10.2. The Kier molecular flexibility index (Phi) is 5.83. The Morgan fingerprint density at radius 1 is 1.14 bits per heavy atom. The van der Waals surface area contributed by atoms with Crippen LogP contribution in [-0.4, -0.2) is 6.54 Å². The Hall–Kier alpha value is -1.32. The van der Waals surface area contributed by atoms with E-state index in [1.54, 1.807) is 6.07 Å². The maximum absolute atomic E-state index is 14.2. The van der Waals surface area contributed by atoms with E-state index in [0.29, 0.717) is 12.5 Å². The number of nitrogens with one attached hydrogen (secondary N) is 1. The summed E-state index contributed by atoms with van der Waals surface area (Å²) >= 11 is 1.50. The molecule has 0 fully saturated rings. The summed E-state index contributed by atoms with van der Waals surface area (Å²) in [5.41, 5.74) is 2.21. The van der Waals surface area contributed by atoms with Crippen LogP contribution in [0.15, 0.2) is 52.3 Å². The van der Waals surface area contributed by atoms with Crippen molar-refractivity contribution in [2.75, 3.05) is 6.54 Å². The SMILES string of the molecule is Cc1cccc(Sc2c(F)cccc2CNCC(C)C)c1. The van der Waals surface area contributed by atoms with Gasteiger partial charge in [0.2, 0.25) is 0 Å². The lowest BCUT2D eigenvalue weighted by Crippen LogP contribution is -2.19. The van der Waals surface area contributed by atoms with E-state index in [-0.39, 0.29) is 5.82 Å². The van der Waals surface area contributed by atoms with E-state index in [1.807, 2.05) is 18.2 Å². The quantitative estimate of drug-likeness (QED) is 0.803. The van der Waals surface area contributed by atoms with Crippen LogP contribution in [0.3, 0.4) is 0 Å². The van der Waals surface area contributed by atoms with Crippen molar-refractivity contribution in [2.24, 2.45) is 5.92 Å². The van der Waals surface area contributed by atoms with Crippen LogP contribution in [0.5, 0.6) is 0 Å². The molecule has 112 valence electrons. The third-order valence-electron chi connectivity index (χ3n) is 3.13. The van der Waals surface area contributed by atoms with E-state index in [4.69, 9.17) is 0 Å². The summed E-state index contributed by atoms with van der Waals surface area (Å²) in [6.07, 6.45) is 0. The third-order valence-corrected chi connectivity index (χ3v) is 4.28. The molecule has 3 heteroatoms. The highest BCUT2D eigenvalue weighted by Crippen LogP contribution is 2.33. The fraction of sp³-hybridized carbons (Fsp3) is 0.333. The normalized spacial score (nSPS) is 11.1. The molecule has 1 N–H and O–H groups in total. The van der Waals surface area contributed by atoms with E-state index < -0.39 is 0 Å². The molecule has 0 aliphatic rings. The smallest absolute Gasteiger partial charge is 0.137 e. The van der Waals surface area contributed by atoms with Crippen LogP contribution in [-0.2, 0) is 6.54 Å². The zero-order valence-corrected chi connectivity index (χ0v) is 13.6. The van der Waals surface area contributed by atoms with Crippen molar-refractivity contribution in [3.8, 4) is 0 Å². The summed E-state index contributed by atoms with van der Waals surface area (Å²) < 4.78 is 14.2. The largest absolute Gasteiger partial charge is 0.312 e. The summed E-state index contributed by atoms with van der Waals surface area (Å²) in [7, 11) is 0. The van der Waals surface area contributed by atoms with E-state index in [9.17, 15) is 4.39 Å². The van der Waals surface area contributed by atoms with Gasteiger partial charge in [0, 0.05) is 11.4 Å². The molecule has 21 heavy (non-hydrogen) atoms. The van der Waals surface area contributed by atoms with Crippen LogP contribution in [0.25, 0.3) is 0 Å². The third kappa shape index (κ3) is 4.87. The first-order valence-electron chi connectivity index (χ1n) is 7.29. The molecule has 2 aromatic rings. The molecule has 0 saturated carbocycles. The van der Waals surface area contributed by atoms with Crippen molar-refractivity contribution in [1.82, 2.24) is 5.32 Å². The Balaban J connectivity index is 2.17. The molecule has 2 aromatic carbocycles. The van der Waals surface area contributed by atoms with Crippen LogP contribution in [0.2, 0.25) is 0 Å². The number of aryl methyl sites for hydroxylation is 1. The highest BCUT2D eigenvalue weighted by molar-refractivity contribution is 7.99. The molecular formula is C18H22FNS. The van der Waals surface area contributed by atoms with E-state index in [2.05, 4.69) is 38.2 Å². The summed E-state index contributed by atoms with van der Waals surface area (Å²) in [5.74, 6) is 0.441. The summed E-state index contributed by atoms with van der Waals surface area (Å²) in [4.78, 5) is 1.80. The molecule has 0 bridgehead atoms. The van der Waals surface area contributed by atoms with E-state index >= 15 is 0 Å². The van der Waals surface area contributed by atoms with Gasteiger partial charge >= 0.3 is 0 Å². The van der Waals surface area contributed by atoms with Crippen molar-refractivity contribution in [3.63, 3.8) is 0 Å². The first-order valence-corrected chi connectivity index (χ1v) is 8.10. The Morgan fingerprint density at radius 3 is 2.62 bits per heavy atom. The molecule has 0 amide bonds. The van der Waals surface area contributed by atoms with Gasteiger partial charge in [-0.15, -0.1) is 0 Å². The van der Waals surface area contributed by atoms with Gasteiger partial charge in [0.05, 0.1) is 4.90 Å². The van der Waals surface area contributed by atoms with Crippen LogP contribution in [0.4, 0.5) is 4.39 Å². The van der Waals surface area contributed by atoms with Gasteiger partial charge in [0.1, 0.15) is 5.82 Å². The van der Waals surface area contributed by atoms with Gasteiger partial charge < -0.3 is 5.32 Å². The fourth-order valence-corrected chi connectivity index (χ4v) is 3.16. The molecule has 0 aromatic heterocycles. The number of halogens is 1. The Morgan fingerprint density at radius 2 is 1.90 bits per heavy atom. The molecular weight excluding hydrogens is 281 g/mol. The predicted octanol–water partition coefficient (Wildman–Crippen LogP) is 5.03. The molecule has 1 nitrogen and oxygen atoms in total. The Labute approximate surface area is 131 Å². The maximum atomic E-state index is 14.2. The van der Waals surface area contributed by atoms with Crippen LogP contribution >= 0.6 is 11.8 Å². The lowest BCUT2D eigenvalue weighted by molar-refractivity contribution is 0.543. The molecule has 0 saturated heterocycles. The van der Waals surface area contributed by atoms with Gasteiger partial charge in [-0.1, -0.05) is 55.4 Å². The predicted molar refractivity (Wildman–Crippen MR) is 88.2 cm³/mol. The minimum Gasteiger partial charge on any atom is -0.312 e. The molecule has 0 unspecified atom stereocenters. The number of rotatable bonds is 6. The topological polar surface area (TPSA) is 12.0 Å². The second-order valence-electron chi connectivity index (χ2n) is 5.67. The zero-order chi connectivity index (χ0) is 15.2. The van der Waals surface area contributed by atoms with Gasteiger partial charge in [0.25, 0.3) is 0 Å². The summed E-state index contributed by atoms with van der Waals surface area (Å²) in [6, 6.07) is 13.5. The minimum absolute atomic E-state index is 0.148. The highest BCUT2D eigenvalue weighted by atomic mass is 32.2. The standard InChI is InChI=1S/C18H22FNS/c1-13(2)11-20-12-15-7-5-9-17(19)18(15)21-16-8-4-6-14(3)10-16/h4-10,13,20H,11-12H2,1-3H3. The first kappa shape index (κ1) is 16.1. The number of benzene rings is 2. The van der Waals surface area contributed by atoms with Crippen molar-refractivity contribution in [2.45, 2.75) is 37.1 Å². The maximum Gasteiger partial charge on any atom is 0.137 e. The molecule has 0 atom stereocenters. The average molecular weight is 303 g/mol. The first-order chi connectivity index (χ1) is 10.1. The van der Waals surface area contributed by atoms with Gasteiger partial charge in [-0.3, -0.25) is 0 Å². The van der Waals surface area contributed by atoms with E-state index in [1.165, 1.54) is 23.4 Å². The van der Waals surface area contributed by atoms with Crippen molar-refractivity contribution >= 4 is 11.8 Å². The summed E-state index contributed by atoms with van der Waals surface area (Å²) in [6.45, 7) is 8.02. The van der Waals surface area contributed by atoms with Crippen molar-refractivity contribution in [3.05, 3.63) is 59.4 Å². The lowest BCUT2D eigenvalue weighted by Gasteiger charge is -2.12. The fourth-order valence-electron chi connectivity index (χ4n) is 2.10. The average Bonchev–Trinajstić information content (AvgIpc) is 2.42. The van der Waals surface area contributed by atoms with Crippen LogP contribution < -0.4 is 5.32 Å². The monoisotopic (exact) mass is 303 g/mol. The van der Waals surface area contributed by atoms with Gasteiger partial charge in [0.15, 0.2) is 0 Å². The molecule has 2 rings (SSSR count). The van der Waals surface area contributed by atoms with Crippen LogP contribution in [0.1, 0.15) is 25.0 Å². The number of hydrogen-bond acceptors (Lipinski definition) is 2. The minimum atomic E-state index is -0.148. The van der Waals surface area contributed by atoms with Gasteiger partial charge in [-0.05, 0) is 43.1 Å². The molecule has 0 heterocycles. The highest BCUT2D eigenvalue weighted by Gasteiger charge is 2.10. The zero-order valence-electron chi connectivity index (χ0n) is 12.8. The second-order valence-corrected chi connectivity index (χ2v) is 6.76. The molecule has 0 aliphatic carbocycles. The van der Waals surface area contributed by atoms with E-state index in [0.717, 1.165) is 21.9 Å². The molecule has 0 aliphatic heterocycles. The summed E-state index contributed by atoms with van der Waals surface area (Å²) in [5, 5.41) is 3.39. The molecule has 0 spiro atoms. The molecule has 0 radical (unpaired) electrons. The Bertz CT molecular complexity index is 596. The van der Waals surface area contributed by atoms with Gasteiger partial charge in [-0.25, -0.2) is 4.39 Å². The second kappa shape index (κ2) is 7.62. The van der Waals surface area contributed by atoms with Crippen molar-refractivity contribution < 1.29 is 4.39 Å².